The Morgan fingerprint density at radius 2 is 1.55 bits per heavy atom. The van der Waals surface area contributed by atoms with Gasteiger partial charge in [-0.3, -0.25) is 0 Å². The molecule has 0 saturated heterocycles. The van der Waals surface area contributed by atoms with Gasteiger partial charge in [-0.15, -0.1) is 0 Å². The number of esters is 1. The number of benzene rings is 2. The van der Waals surface area contributed by atoms with Crippen molar-refractivity contribution in [2.24, 2.45) is 0 Å². The summed E-state index contributed by atoms with van der Waals surface area (Å²) in [5, 5.41) is 48.9. The molecule has 0 heterocycles. The normalized spacial score (nSPS) is 13.7. The fourth-order valence-electron chi connectivity index (χ4n) is 2.89. The zero-order chi connectivity index (χ0) is 24.8. The van der Waals surface area contributed by atoms with E-state index in [-0.39, 0.29) is 28.6 Å². The van der Waals surface area contributed by atoms with Gasteiger partial charge in [0.05, 0.1) is 14.2 Å². The molecule has 0 spiro atoms. The van der Waals surface area contributed by atoms with Crippen LogP contribution in [0.2, 0.25) is 0 Å². The standard InChI is InChI=1S/C22H22O11/c1-31-15-9-13(10-16(32-2)18(15)25)5-8-17(24)33-19(20(26)27)22(30,21(28)29)11-12-3-6-14(23)7-4-12/h3-10,19,23,25,30H,11H2,1-2H3,(H,26,27)(H,28,29)/t19-,22-/m1/s1. The highest BCUT2D eigenvalue weighted by atomic mass is 16.6. The van der Waals surface area contributed by atoms with Crippen molar-refractivity contribution in [2.45, 2.75) is 18.1 Å². The van der Waals surface area contributed by atoms with E-state index in [1.807, 2.05) is 0 Å². The fraction of sp³-hybridized carbons (Fsp3) is 0.227. The average molecular weight is 462 g/mol. The third kappa shape index (κ3) is 5.92. The molecule has 2 aromatic rings. The molecule has 0 aromatic heterocycles. The first-order chi connectivity index (χ1) is 15.5. The molecule has 0 aliphatic heterocycles. The number of phenolic OH excluding ortho intramolecular Hbond substituents is 2. The molecule has 11 nitrogen and oxygen atoms in total. The van der Waals surface area contributed by atoms with Crippen LogP contribution < -0.4 is 9.47 Å². The zero-order valence-electron chi connectivity index (χ0n) is 17.6. The molecule has 0 bridgehead atoms. The number of carbonyl (C=O) groups is 3. The Balaban J connectivity index is 2.28. The van der Waals surface area contributed by atoms with Crippen LogP contribution in [0.15, 0.2) is 42.5 Å². The number of ether oxygens (including phenoxy) is 3. The lowest BCUT2D eigenvalue weighted by molar-refractivity contribution is -0.192. The van der Waals surface area contributed by atoms with Crippen molar-refractivity contribution in [3.63, 3.8) is 0 Å². The second-order valence-electron chi connectivity index (χ2n) is 6.84. The molecule has 0 aliphatic rings. The molecular weight excluding hydrogens is 440 g/mol. The van der Waals surface area contributed by atoms with Gasteiger partial charge in [-0.25, -0.2) is 14.4 Å². The van der Waals surface area contributed by atoms with E-state index in [9.17, 15) is 39.9 Å². The largest absolute Gasteiger partial charge is 0.508 e. The summed E-state index contributed by atoms with van der Waals surface area (Å²) in [6.45, 7) is 0. The van der Waals surface area contributed by atoms with Crippen molar-refractivity contribution in [3.8, 4) is 23.0 Å². The summed E-state index contributed by atoms with van der Waals surface area (Å²) in [7, 11) is 2.60. The minimum absolute atomic E-state index is 0.0416. The van der Waals surface area contributed by atoms with E-state index in [2.05, 4.69) is 0 Å². The molecule has 0 saturated carbocycles. The average Bonchev–Trinajstić information content (AvgIpc) is 2.77. The molecule has 2 rings (SSSR count). The second-order valence-corrected chi connectivity index (χ2v) is 6.84. The lowest BCUT2D eigenvalue weighted by Crippen LogP contribution is -2.56. The second kappa shape index (κ2) is 10.4. The number of carbonyl (C=O) groups excluding carboxylic acids is 1. The van der Waals surface area contributed by atoms with Crippen LogP contribution in [-0.4, -0.2) is 69.4 Å². The van der Waals surface area contributed by atoms with E-state index in [0.29, 0.717) is 5.56 Å². The summed E-state index contributed by atoms with van der Waals surface area (Å²) in [5.41, 5.74) is -2.51. The molecule has 176 valence electrons. The van der Waals surface area contributed by atoms with Gasteiger partial charge in [-0.05, 0) is 41.5 Å². The number of hydrogen-bond acceptors (Lipinski definition) is 9. The molecule has 0 unspecified atom stereocenters. The van der Waals surface area contributed by atoms with E-state index in [0.717, 1.165) is 6.08 Å². The van der Waals surface area contributed by atoms with Gasteiger partial charge in [0.25, 0.3) is 0 Å². The minimum Gasteiger partial charge on any atom is -0.508 e. The van der Waals surface area contributed by atoms with Gasteiger partial charge in [0, 0.05) is 12.5 Å². The smallest absolute Gasteiger partial charge is 0.348 e. The van der Waals surface area contributed by atoms with Crippen molar-refractivity contribution < 1.29 is 54.1 Å². The fourth-order valence-corrected chi connectivity index (χ4v) is 2.89. The number of methoxy groups -OCH3 is 2. The molecule has 0 aliphatic carbocycles. The van der Waals surface area contributed by atoms with Gasteiger partial charge >= 0.3 is 17.9 Å². The quantitative estimate of drug-likeness (QED) is 0.253. The monoisotopic (exact) mass is 462 g/mol. The molecule has 0 fully saturated rings. The number of carboxylic acid groups (broad SMARTS) is 2. The Morgan fingerprint density at radius 3 is 2.00 bits per heavy atom. The van der Waals surface area contributed by atoms with E-state index in [4.69, 9.17) is 14.2 Å². The third-order valence-corrected chi connectivity index (χ3v) is 4.59. The topological polar surface area (TPSA) is 180 Å². The van der Waals surface area contributed by atoms with Crippen molar-refractivity contribution in [3.05, 3.63) is 53.6 Å². The van der Waals surface area contributed by atoms with Crippen molar-refractivity contribution in [2.75, 3.05) is 14.2 Å². The highest BCUT2D eigenvalue weighted by molar-refractivity contribution is 5.93. The first kappa shape index (κ1) is 25.0. The van der Waals surface area contributed by atoms with E-state index >= 15 is 0 Å². The predicted octanol–water partition coefficient (Wildman–Crippen LogP) is 1.18. The van der Waals surface area contributed by atoms with Crippen LogP contribution in [0.3, 0.4) is 0 Å². The van der Waals surface area contributed by atoms with Gasteiger partial charge < -0.3 is 39.7 Å². The number of hydrogen-bond donors (Lipinski definition) is 5. The van der Waals surface area contributed by atoms with Gasteiger partial charge in [0.1, 0.15) is 5.75 Å². The van der Waals surface area contributed by atoms with Gasteiger partial charge in [0.2, 0.25) is 17.5 Å². The molecular formula is C22H22O11. The third-order valence-electron chi connectivity index (χ3n) is 4.59. The predicted molar refractivity (Wildman–Crippen MR) is 112 cm³/mol. The zero-order valence-corrected chi connectivity index (χ0v) is 17.6. The summed E-state index contributed by atoms with van der Waals surface area (Å²) >= 11 is 0. The minimum atomic E-state index is -3.00. The maximum Gasteiger partial charge on any atom is 0.348 e. The Labute approximate surface area is 187 Å². The Kier molecular flexibility index (Phi) is 7.86. The van der Waals surface area contributed by atoms with Crippen LogP contribution in [0.1, 0.15) is 11.1 Å². The molecule has 5 N–H and O–H groups in total. The van der Waals surface area contributed by atoms with Gasteiger partial charge in [-0.1, -0.05) is 12.1 Å². The lowest BCUT2D eigenvalue weighted by atomic mass is 9.88. The number of aliphatic hydroxyl groups is 1. The van der Waals surface area contributed by atoms with Crippen molar-refractivity contribution in [1.29, 1.82) is 0 Å². The van der Waals surface area contributed by atoms with Crippen LogP contribution in [-0.2, 0) is 25.5 Å². The Bertz CT molecular complexity index is 1030. The van der Waals surface area contributed by atoms with Crippen LogP contribution in [0.4, 0.5) is 0 Å². The number of aliphatic carboxylic acids is 2. The molecule has 0 amide bonds. The van der Waals surface area contributed by atoms with Crippen molar-refractivity contribution in [1.82, 2.24) is 0 Å². The van der Waals surface area contributed by atoms with Gasteiger partial charge in [-0.2, -0.15) is 0 Å². The molecule has 2 atom stereocenters. The SMILES string of the molecule is COc1cc(C=CC(=O)O[C@H](C(=O)O)[C@](O)(Cc2ccc(O)cc2)C(=O)O)cc(OC)c1O. The Hall–Kier alpha value is -4.25. The Morgan fingerprint density at radius 1 is 1.00 bits per heavy atom. The summed E-state index contributed by atoms with van der Waals surface area (Å²) in [5.74, 6) is -5.36. The molecule has 0 radical (unpaired) electrons. The number of phenols is 2. The number of carboxylic acids is 2. The van der Waals surface area contributed by atoms with Crippen molar-refractivity contribution >= 4 is 24.0 Å². The summed E-state index contributed by atoms with van der Waals surface area (Å²) < 4.78 is 14.8. The van der Waals surface area contributed by atoms with E-state index in [1.54, 1.807) is 0 Å². The maximum absolute atomic E-state index is 12.3. The van der Waals surface area contributed by atoms with Crippen LogP contribution in [0.25, 0.3) is 6.08 Å². The van der Waals surface area contributed by atoms with E-state index in [1.165, 1.54) is 56.7 Å². The number of rotatable bonds is 10. The molecule has 11 heteroatoms. The lowest BCUT2D eigenvalue weighted by Gasteiger charge is -2.29. The summed E-state index contributed by atoms with van der Waals surface area (Å²) in [6, 6.07) is 7.74. The van der Waals surface area contributed by atoms with Gasteiger partial charge in [0.15, 0.2) is 11.5 Å². The first-order valence-electron chi connectivity index (χ1n) is 9.32. The highest BCUT2D eigenvalue weighted by Crippen LogP contribution is 2.37. The van der Waals surface area contributed by atoms with Crippen LogP contribution in [0.5, 0.6) is 23.0 Å². The highest BCUT2D eigenvalue weighted by Gasteiger charge is 2.51. The molecule has 2 aromatic carbocycles. The molecule has 33 heavy (non-hydrogen) atoms. The maximum atomic E-state index is 12.3. The first-order valence-corrected chi connectivity index (χ1v) is 9.32. The van der Waals surface area contributed by atoms with E-state index < -0.39 is 36.0 Å². The summed E-state index contributed by atoms with van der Waals surface area (Å²) in [6.07, 6.45) is -1.18. The summed E-state index contributed by atoms with van der Waals surface area (Å²) in [4.78, 5) is 35.7. The number of aromatic hydroxyl groups is 2. The van der Waals surface area contributed by atoms with Crippen LogP contribution in [0, 0.1) is 0 Å². The van der Waals surface area contributed by atoms with Crippen LogP contribution >= 0.6 is 0 Å².